The van der Waals surface area contributed by atoms with Crippen LogP contribution in [0.4, 0.5) is 4.79 Å². The van der Waals surface area contributed by atoms with Gasteiger partial charge >= 0.3 is 12.1 Å². The molecule has 20 heavy (non-hydrogen) atoms. The Kier molecular flexibility index (Phi) is 9.12. The van der Waals surface area contributed by atoms with Crippen molar-refractivity contribution in [1.29, 1.82) is 0 Å². The van der Waals surface area contributed by atoms with E-state index in [0.29, 0.717) is 17.9 Å². The second-order valence-electron chi connectivity index (χ2n) is 5.18. The Labute approximate surface area is 125 Å². The molecule has 0 aliphatic rings. The normalized spacial score (nSPS) is 13.1. The van der Waals surface area contributed by atoms with E-state index < -0.39 is 11.7 Å². The van der Waals surface area contributed by atoms with Crippen LogP contribution in [0.1, 0.15) is 34.1 Å². The van der Waals surface area contributed by atoms with Crippen molar-refractivity contribution in [2.24, 2.45) is 0 Å². The molecule has 1 amide bonds. The molecule has 6 heteroatoms. The van der Waals surface area contributed by atoms with E-state index in [2.05, 4.69) is 10.1 Å². The number of esters is 1. The van der Waals surface area contributed by atoms with Crippen molar-refractivity contribution >= 4 is 23.8 Å². The number of carbonyl (C=O) groups is 2. The van der Waals surface area contributed by atoms with E-state index in [1.165, 1.54) is 7.11 Å². The molecule has 5 nitrogen and oxygen atoms in total. The molecule has 0 saturated heterocycles. The molecule has 0 bridgehead atoms. The average molecular weight is 303 g/mol. The van der Waals surface area contributed by atoms with Gasteiger partial charge in [-0.2, -0.15) is 11.8 Å². The predicted octanol–water partition coefficient (Wildman–Crippen LogP) is 2.75. The Balaban J connectivity index is 4.10. The first-order valence-electron chi connectivity index (χ1n) is 6.55. The fraction of sp³-hybridized carbons (Fsp3) is 0.714. The van der Waals surface area contributed by atoms with Gasteiger partial charge in [-0.1, -0.05) is 12.2 Å². The molecule has 0 radical (unpaired) electrons. The van der Waals surface area contributed by atoms with Crippen LogP contribution in [0.15, 0.2) is 12.2 Å². The molecule has 0 heterocycles. The Bertz CT molecular complexity index is 337. The summed E-state index contributed by atoms with van der Waals surface area (Å²) in [5, 5.41) is 2.79. The maximum absolute atomic E-state index is 11.7. The Morgan fingerprint density at radius 2 is 2.00 bits per heavy atom. The van der Waals surface area contributed by atoms with E-state index in [1.807, 2.05) is 39.8 Å². The molecule has 1 N–H and O–H groups in total. The monoisotopic (exact) mass is 303 g/mol. The number of hydrogen-bond acceptors (Lipinski definition) is 5. The van der Waals surface area contributed by atoms with Crippen LogP contribution in [0, 0.1) is 0 Å². The predicted molar refractivity (Wildman–Crippen MR) is 81.9 cm³/mol. The SMILES string of the molecule is CC=C[C@@H](CSCCC(=O)OC)NC(=O)OC(C)(C)C. The van der Waals surface area contributed by atoms with Crippen molar-refractivity contribution in [3.05, 3.63) is 12.2 Å². The van der Waals surface area contributed by atoms with Gasteiger partial charge in [0.2, 0.25) is 0 Å². The molecule has 0 aliphatic heterocycles. The Morgan fingerprint density at radius 1 is 1.35 bits per heavy atom. The number of carbonyl (C=O) groups excluding carboxylic acids is 2. The zero-order valence-electron chi connectivity index (χ0n) is 12.9. The number of alkyl carbamates (subject to hydrolysis) is 1. The fourth-order valence-electron chi connectivity index (χ4n) is 1.30. The maximum Gasteiger partial charge on any atom is 0.408 e. The average Bonchev–Trinajstić information content (AvgIpc) is 2.31. The van der Waals surface area contributed by atoms with Gasteiger partial charge in [0.15, 0.2) is 0 Å². The van der Waals surface area contributed by atoms with Crippen molar-refractivity contribution in [2.75, 3.05) is 18.6 Å². The molecule has 1 atom stereocenters. The van der Waals surface area contributed by atoms with E-state index in [9.17, 15) is 9.59 Å². The van der Waals surface area contributed by atoms with Crippen LogP contribution in [0.2, 0.25) is 0 Å². The highest BCUT2D eigenvalue weighted by Crippen LogP contribution is 2.10. The molecule has 0 rings (SSSR count). The Hall–Kier alpha value is -1.17. The molecule has 116 valence electrons. The molecular formula is C14H25NO4S. The van der Waals surface area contributed by atoms with E-state index in [1.54, 1.807) is 11.8 Å². The molecule has 0 aliphatic carbocycles. The molecule has 0 fully saturated rings. The second-order valence-corrected chi connectivity index (χ2v) is 6.33. The maximum atomic E-state index is 11.7. The summed E-state index contributed by atoms with van der Waals surface area (Å²) < 4.78 is 9.78. The minimum absolute atomic E-state index is 0.113. The molecule has 0 aromatic rings. The summed E-state index contributed by atoms with van der Waals surface area (Å²) in [6.07, 6.45) is 3.71. The highest BCUT2D eigenvalue weighted by Gasteiger charge is 2.18. The highest BCUT2D eigenvalue weighted by atomic mass is 32.2. The summed E-state index contributed by atoms with van der Waals surface area (Å²) in [7, 11) is 1.37. The van der Waals surface area contributed by atoms with Crippen LogP contribution in [0.25, 0.3) is 0 Å². The van der Waals surface area contributed by atoms with Crippen LogP contribution in [0.5, 0.6) is 0 Å². The number of ether oxygens (including phenoxy) is 2. The quantitative estimate of drug-likeness (QED) is 0.445. The van der Waals surface area contributed by atoms with Gasteiger partial charge < -0.3 is 14.8 Å². The number of rotatable bonds is 7. The first kappa shape index (κ1) is 18.8. The first-order valence-corrected chi connectivity index (χ1v) is 7.71. The second kappa shape index (κ2) is 9.69. The van der Waals surface area contributed by atoms with E-state index >= 15 is 0 Å². The van der Waals surface area contributed by atoms with E-state index in [0.717, 1.165) is 0 Å². The van der Waals surface area contributed by atoms with Crippen molar-refractivity contribution in [2.45, 2.75) is 45.8 Å². The van der Waals surface area contributed by atoms with Crippen LogP contribution >= 0.6 is 11.8 Å². The lowest BCUT2D eigenvalue weighted by atomic mass is 10.2. The van der Waals surface area contributed by atoms with Crippen LogP contribution < -0.4 is 5.32 Å². The van der Waals surface area contributed by atoms with E-state index in [4.69, 9.17) is 4.74 Å². The van der Waals surface area contributed by atoms with Crippen molar-refractivity contribution in [1.82, 2.24) is 5.32 Å². The number of thioether (sulfide) groups is 1. The molecular weight excluding hydrogens is 278 g/mol. The van der Waals surface area contributed by atoms with Gasteiger partial charge in [0, 0.05) is 11.5 Å². The third-order valence-electron chi connectivity index (χ3n) is 2.10. The summed E-state index contributed by atoms with van der Waals surface area (Å²) >= 11 is 1.58. The molecule has 0 unspecified atom stereocenters. The van der Waals surface area contributed by atoms with Gasteiger partial charge in [-0.25, -0.2) is 4.79 Å². The lowest BCUT2D eigenvalue weighted by molar-refractivity contribution is -0.140. The number of nitrogens with one attached hydrogen (secondary N) is 1. The summed E-state index contributed by atoms with van der Waals surface area (Å²) in [4.78, 5) is 22.7. The van der Waals surface area contributed by atoms with Gasteiger partial charge in [-0.05, 0) is 27.7 Å². The number of methoxy groups -OCH3 is 1. The van der Waals surface area contributed by atoms with Crippen molar-refractivity contribution in [3.8, 4) is 0 Å². The number of hydrogen-bond donors (Lipinski definition) is 1. The minimum Gasteiger partial charge on any atom is -0.469 e. The van der Waals surface area contributed by atoms with Gasteiger partial charge in [0.1, 0.15) is 5.60 Å². The molecule has 0 spiro atoms. The smallest absolute Gasteiger partial charge is 0.408 e. The summed E-state index contributed by atoms with van der Waals surface area (Å²) in [5.74, 6) is 1.12. The molecule has 0 aromatic carbocycles. The van der Waals surface area contributed by atoms with Gasteiger partial charge in [0.05, 0.1) is 19.6 Å². The lowest BCUT2D eigenvalue weighted by Crippen LogP contribution is -2.39. The minimum atomic E-state index is -0.511. The number of amides is 1. The lowest BCUT2D eigenvalue weighted by Gasteiger charge is -2.22. The summed E-state index contributed by atoms with van der Waals surface area (Å²) in [6.45, 7) is 7.36. The van der Waals surface area contributed by atoms with Crippen LogP contribution in [-0.4, -0.2) is 42.3 Å². The summed E-state index contributed by atoms with van der Waals surface area (Å²) in [5.41, 5.74) is -0.511. The first-order chi connectivity index (χ1) is 9.28. The van der Waals surface area contributed by atoms with E-state index in [-0.39, 0.29) is 12.0 Å². The Morgan fingerprint density at radius 3 is 2.50 bits per heavy atom. The fourth-order valence-corrected chi connectivity index (χ4v) is 2.23. The standard InChI is InChI=1S/C14H25NO4S/c1-6-7-11(10-20-9-8-12(16)18-5)15-13(17)19-14(2,3)4/h6-7,11H,8-10H2,1-5H3,(H,15,17)/t11-/m0/s1. The molecule has 0 aromatic heterocycles. The zero-order chi connectivity index (χ0) is 15.6. The van der Waals surface area contributed by atoms with Gasteiger partial charge in [-0.3, -0.25) is 4.79 Å². The third kappa shape index (κ3) is 10.7. The van der Waals surface area contributed by atoms with Crippen molar-refractivity contribution < 1.29 is 19.1 Å². The summed E-state index contributed by atoms with van der Waals surface area (Å²) in [6, 6.07) is -0.113. The number of allylic oxidation sites excluding steroid dienone is 1. The molecule has 0 saturated carbocycles. The highest BCUT2D eigenvalue weighted by molar-refractivity contribution is 7.99. The van der Waals surface area contributed by atoms with Crippen LogP contribution in [-0.2, 0) is 14.3 Å². The topological polar surface area (TPSA) is 64.6 Å². The van der Waals surface area contributed by atoms with Gasteiger partial charge in [-0.15, -0.1) is 0 Å². The zero-order valence-corrected chi connectivity index (χ0v) is 13.7. The largest absolute Gasteiger partial charge is 0.469 e. The van der Waals surface area contributed by atoms with Crippen LogP contribution in [0.3, 0.4) is 0 Å². The van der Waals surface area contributed by atoms with Gasteiger partial charge in [0.25, 0.3) is 0 Å². The van der Waals surface area contributed by atoms with Crippen molar-refractivity contribution in [3.63, 3.8) is 0 Å². The third-order valence-corrected chi connectivity index (χ3v) is 3.19.